The van der Waals surface area contributed by atoms with E-state index in [4.69, 9.17) is 10.9 Å². The molecule has 1 atom stereocenters. The number of amides is 2. The van der Waals surface area contributed by atoms with E-state index < -0.39 is 5.41 Å². The number of hydrogen-bond acceptors (Lipinski definition) is 4. The lowest BCUT2D eigenvalue weighted by atomic mass is 9.84. The van der Waals surface area contributed by atoms with E-state index in [0.717, 1.165) is 0 Å². The zero-order valence-corrected chi connectivity index (χ0v) is 12.3. The van der Waals surface area contributed by atoms with Crippen LogP contribution in [0.15, 0.2) is 5.16 Å². The molecule has 7 heteroatoms. The fraction of sp³-hybridized carbons (Fsp3) is 0.750. The standard InChI is InChI=1S/C12H24N4O3/c1-6-12(3,10(13)14-19)11(18)16(7-2)8-9(17)15(4)5/h19H,6-8H2,1-5H3,(H2,13,14). The van der Waals surface area contributed by atoms with Crippen molar-refractivity contribution in [2.24, 2.45) is 16.3 Å². The first-order valence-corrected chi connectivity index (χ1v) is 6.22. The molecule has 0 radical (unpaired) electrons. The van der Waals surface area contributed by atoms with Gasteiger partial charge in [-0.2, -0.15) is 0 Å². The van der Waals surface area contributed by atoms with Crippen molar-refractivity contribution in [1.29, 1.82) is 0 Å². The zero-order chi connectivity index (χ0) is 15.2. The summed E-state index contributed by atoms with van der Waals surface area (Å²) in [5.41, 5.74) is 4.50. The molecule has 0 aliphatic rings. The molecule has 0 aromatic heterocycles. The summed E-state index contributed by atoms with van der Waals surface area (Å²) in [7, 11) is 3.26. The van der Waals surface area contributed by atoms with E-state index in [1.54, 1.807) is 34.9 Å². The van der Waals surface area contributed by atoms with Crippen LogP contribution in [-0.4, -0.2) is 59.8 Å². The van der Waals surface area contributed by atoms with Gasteiger partial charge < -0.3 is 20.7 Å². The Morgan fingerprint density at radius 1 is 1.32 bits per heavy atom. The van der Waals surface area contributed by atoms with Crippen molar-refractivity contribution >= 4 is 17.6 Å². The molecule has 0 fully saturated rings. The van der Waals surface area contributed by atoms with Crippen molar-refractivity contribution in [1.82, 2.24) is 9.80 Å². The van der Waals surface area contributed by atoms with Crippen LogP contribution in [0.25, 0.3) is 0 Å². The van der Waals surface area contributed by atoms with Gasteiger partial charge in [-0.3, -0.25) is 9.59 Å². The minimum Gasteiger partial charge on any atom is -0.409 e. The molecule has 1 unspecified atom stereocenters. The van der Waals surface area contributed by atoms with E-state index in [-0.39, 0.29) is 24.2 Å². The fourth-order valence-electron chi connectivity index (χ4n) is 1.53. The molecule has 0 rings (SSSR count). The smallest absolute Gasteiger partial charge is 0.241 e. The van der Waals surface area contributed by atoms with Crippen LogP contribution >= 0.6 is 0 Å². The number of nitrogens with zero attached hydrogens (tertiary/aromatic N) is 3. The summed E-state index contributed by atoms with van der Waals surface area (Å²) in [6.45, 7) is 5.53. The van der Waals surface area contributed by atoms with Gasteiger partial charge in [-0.05, 0) is 20.3 Å². The molecule has 0 aliphatic carbocycles. The van der Waals surface area contributed by atoms with Gasteiger partial charge in [0, 0.05) is 20.6 Å². The summed E-state index contributed by atoms with van der Waals surface area (Å²) in [4.78, 5) is 27.0. The lowest BCUT2D eigenvalue weighted by Crippen LogP contribution is -2.51. The number of hydrogen-bond donors (Lipinski definition) is 2. The summed E-state index contributed by atoms with van der Waals surface area (Å²) in [6.07, 6.45) is 0.383. The molecule has 19 heavy (non-hydrogen) atoms. The molecule has 2 amide bonds. The molecule has 0 heterocycles. The lowest BCUT2D eigenvalue weighted by Gasteiger charge is -2.32. The molecule has 0 spiro atoms. The molecular weight excluding hydrogens is 248 g/mol. The average Bonchev–Trinajstić information content (AvgIpc) is 2.41. The minimum atomic E-state index is -1.10. The summed E-state index contributed by atoms with van der Waals surface area (Å²) in [5.74, 6) is -0.632. The van der Waals surface area contributed by atoms with Gasteiger partial charge >= 0.3 is 0 Å². The van der Waals surface area contributed by atoms with Crippen molar-refractivity contribution in [2.75, 3.05) is 27.2 Å². The Kier molecular flexibility index (Phi) is 6.31. The van der Waals surface area contributed by atoms with Crippen molar-refractivity contribution in [3.05, 3.63) is 0 Å². The first-order chi connectivity index (χ1) is 8.74. The van der Waals surface area contributed by atoms with Crippen molar-refractivity contribution < 1.29 is 14.8 Å². The topological polar surface area (TPSA) is 99.2 Å². The second kappa shape index (κ2) is 6.96. The van der Waals surface area contributed by atoms with Gasteiger partial charge in [0.15, 0.2) is 5.84 Å². The predicted octanol–water partition coefficient (Wildman–Crippen LogP) is 0.0858. The maximum absolute atomic E-state index is 12.5. The van der Waals surface area contributed by atoms with E-state index in [2.05, 4.69) is 5.16 Å². The Hall–Kier alpha value is -1.79. The van der Waals surface area contributed by atoms with E-state index in [1.165, 1.54) is 9.80 Å². The monoisotopic (exact) mass is 272 g/mol. The van der Waals surface area contributed by atoms with Gasteiger partial charge in [-0.25, -0.2) is 0 Å². The number of carbonyl (C=O) groups is 2. The van der Waals surface area contributed by atoms with Gasteiger partial charge in [-0.15, -0.1) is 0 Å². The van der Waals surface area contributed by atoms with Crippen molar-refractivity contribution in [3.63, 3.8) is 0 Å². The Balaban J connectivity index is 5.17. The molecule has 7 nitrogen and oxygen atoms in total. The fourth-order valence-corrected chi connectivity index (χ4v) is 1.53. The van der Waals surface area contributed by atoms with E-state index in [0.29, 0.717) is 13.0 Å². The number of nitrogens with two attached hydrogens (primary N) is 1. The largest absolute Gasteiger partial charge is 0.409 e. The van der Waals surface area contributed by atoms with E-state index >= 15 is 0 Å². The van der Waals surface area contributed by atoms with Gasteiger partial charge in [0.2, 0.25) is 11.8 Å². The molecule has 110 valence electrons. The van der Waals surface area contributed by atoms with Gasteiger partial charge in [0.1, 0.15) is 5.41 Å². The summed E-state index contributed by atoms with van der Waals surface area (Å²) < 4.78 is 0. The average molecular weight is 272 g/mol. The Labute approximate surface area is 114 Å². The van der Waals surface area contributed by atoms with E-state index in [1.807, 2.05) is 0 Å². The second-order valence-corrected chi connectivity index (χ2v) is 4.78. The SMILES string of the molecule is CCN(CC(=O)N(C)C)C(=O)C(C)(CC)C(N)=NO. The molecule has 0 aromatic rings. The number of likely N-dealkylation sites (N-methyl/N-ethyl adjacent to an activating group) is 2. The second-order valence-electron chi connectivity index (χ2n) is 4.78. The van der Waals surface area contributed by atoms with Gasteiger partial charge in [0.05, 0.1) is 6.54 Å². The van der Waals surface area contributed by atoms with Crippen LogP contribution in [0, 0.1) is 5.41 Å². The van der Waals surface area contributed by atoms with Crippen LogP contribution in [0.5, 0.6) is 0 Å². The third-order valence-corrected chi connectivity index (χ3v) is 3.35. The van der Waals surface area contributed by atoms with Gasteiger partial charge in [0.25, 0.3) is 0 Å². The predicted molar refractivity (Wildman–Crippen MR) is 72.8 cm³/mol. The molecule has 0 saturated carbocycles. The summed E-state index contributed by atoms with van der Waals surface area (Å²) in [5, 5.41) is 11.7. The highest BCUT2D eigenvalue weighted by Gasteiger charge is 2.39. The number of carbonyl (C=O) groups excluding carboxylic acids is 2. The molecule has 0 bridgehead atoms. The Bertz CT molecular complexity index is 368. The normalized spacial score (nSPS) is 14.7. The van der Waals surface area contributed by atoms with Crippen LogP contribution < -0.4 is 5.73 Å². The highest BCUT2D eigenvalue weighted by molar-refractivity contribution is 6.06. The molecule has 0 saturated heterocycles. The quantitative estimate of drug-likeness (QED) is 0.310. The molecule has 0 aliphatic heterocycles. The number of oxime groups is 1. The number of rotatable bonds is 6. The van der Waals surface area contributed by atoms with Crippen LogP contribution in [0.3, 0.4) is 0 Å². The van der Waals surface area contributed by atoms with Crippen molar-refractivity contribution in [3.8, 4) is 0 Å². The third-order valence-electron chi connectivity index (χ3n) is 3.35. The molecular formula is C12H24N4O3. The van der Waals surface area contributed by atoms with Crippen molar-refractivity contribution in [2.45, 2.75) is 27.2 Å². The molecule has 3 N–H and O–H groups in total. The summed E-state index contributed by atoms with van der Waals surface area (Å²) in [6, 6.07) is 0. The highest BCUT2D eigenvalue weighted by Crippen LogP contribution is 2.24. The van der Waals surface area contributed by atoms with Crippen LogP contribution in [0.1, 0.15) is 27.2 Å². The molecule has 0 aromatic carbocycles. The maximum atomic E-state index is 12.5. The summed E-state index contributed by atoms with van der Waals surface area (Å²) >= 11 is 0. The maximum Gasteiger partial charge on any atom is 0.241 e. The van der Waals surface area contributed by atoms with Crippen LogP contribution in [0.4, 0.5) is 0 Å². The van der Waals surface area contributed by atoms with Gasteiger partial charge in [-0.1, -0.05) is 12.1 Å². The Morgan fingerprint density at radius 3 is 2.16 bits per heavy atom. The van der Waals surface area contributed by atoms with Crippen LogP contribution in [0.2, 0.25) is 0 Å². The number of amidine groups is 1. The first-order valence-electron chi connectivity index (χ1n) is 6.22. The minimum absolute atomic E-state index is 0.0172. The zero-order valence-electron chi connectivity index (χ0n) is 12.3. The van der Waals surface area contributed by atoms with Crippen LogP contribution in [-0.2, 0) is 9.59 Å². The lowest BCUT2D eigenvalue weighted by molar-refractivity contribution is -0.143. The first kappa shape index (κ1) is 17.2. The van der Waals surface area contributed by atoms with E-state index in [9.17, 15) is 9.59 Å². The highest BCUT2D eigenvalue weighted by atomic mass is 16.4. The Morgan fingerprint density at radius 2 is 1.84 bits per heavy atom. The third kappa shape index (κ3) is 3.84.